The zero-order valence-corrected chi connectivity index (χ0v) is 9.54. The predicted molar refractivity (Wildman–Crippen MR) is 63.9 cm³/mol. The van der Waals surface area contributed by atoms with Crippen LogP contribution in [0.3, 0.4) is 0 Å². The molecule has 0 bridgehead atoms. The number of nitriles is 1. The molecule has 1 N–H and O–H groups in total. The van der Waals surface area contributed by atoms with Crippen molar-refractivity contribution in [3.05, 3.63) is 48.0 Å². The topological polar surface area (TPSA) is 53.2 Å². The second-order valence-electron chi connectivity index (χ2n) is 4.38. The van der Waals surface area contributed by atoms with E-state index in [1.807, 2.05) is 30.3 Å². The molecule has 0 unspecified atom stereocenters. The molecule has 0 saturated carbocycles. The first kappa shape index (κ1) is 11.8. The minimum Gasteiger partial charge on any atom is -0.389 e. The Morgan fingerprint density at radius 2 is 2.18 bits per heavy atom. The van der Waals surface area contributed by atoms with Crippen LogP contribution in [-0.4, -0.2) is 17.8 Å². The van der Waals surface area contributed by atoms with Crippen molar-refractivity contribution < 1.29 is 9.84 Å². The molecule has 1 aliphatic carbocycles. The number of benzene rings is 1. The lowest BCUT2D eigenvalue weighted by molar-refractivity contribution is 0.0658. The zero-order chi connectivity index (χ0) is 12.1. The predicted octanol–water partition coefficient (Wildman–Crippen LogP) is 2.03. The molecule has 17 heavy (non-hydrogen) atoms. The highest BCUT2D eigenvalue weighted by molar-refractivity contribution is 5.21. The summed E-state index contributed by atoms with van der Waals surface area (Å²) in [4.78, 5) is 0. The van der Waals surface area contributed by atoms with Crippen molar-refractivity contribution in [1.82, 2.24) is 0 Å². The van der Waals surface area contributed by atoms with Gasteiger partial charge in [-0.3, -0.25) is 0 Å². The van der Waals surface area contributed by atoms with Gasteiger partial charge in [-0.2, -0.15) is 5.26 Å². The van der Waals surface area contributed by atoms with Crippen molar-refractivity contribution in [2.45, 2.75) is 19.1 Å². The molecule has 0 amide bonds. The summed E-state index contributed by atoms with van der Waals surface area (Å²) in [7, 11) is 0. The number of ether oxygens (including phenoxy) is 1. The standard InChI is InChI=1S/C14H15NO2/c15-10-14(7-6-13(16)8-14)11-17-9-12-4-2-1-3-5-12/h1-7,13,16H,8-9,11H2/t13-,14-/m1/s1. The summed E-state index contributed by atoms with van der Waals surface area (Å²) in [6, 6.07) is 12.1. The lowest BCUT2D eigenvalue weighted by Crippen LogP contribution is -2.22. The lowest BCUT2D eigenvalue weighted by atomic mass is 9.90. The van der Waals surface area contributed by atoms with Crippen molar-refractivity contribution >= 4 is 0 Å². The fourth-order valence-electron chi connectivity index (χ4n) is 1.95. The minimum atomic E-state index is -0.659. The molecular formula is C14H15NO2. The smallest absolute Gasteiger partial charge is 0.101 e. The van der Waals surface area contributed by atoms with Gasteiger partial charge in [-0.15, -0.1) is 0 Å². The Kier molecular flexibility index (Phi) is 3.58. The van der Waals surface area contributed by atoms with Gasteiger partial charge in [0, 0.05) is 6.42 Å². The summed E-state index contributed by atoms with van der Waals surface area (Å²) in [5.74, 6) is 0. The largest absolute Gasteiger partial charge is 0.389 e. The van der Waals surface area contributed by atoms with E-state index >= 15 is 0 Å². The monoisotopic (exact) mass is 229 g/mol. The van der Waals surface area contributed by atoms with Gasteiger partial charge in [0.2, 0.25) is 0 Å². The number of nitrogens with zero attached hydrogens (tertiary/aromatic N) is 1. The highest BCUT2D eigenvalue weighted by Gasteiger charge is 2.34. The van der Waals surface area contributed by atoms with E-state index in [0.717, 1.165) is 5.56 Å². The number of aliphatic hydroxyl groups excluding tert-OH is 1. The van der Waals surface area contributed by atoms with Gasteiger partial charge in [0.05, 0.1) is 25.4 Å². The maximum atomic E-state index is 9.42. The fraction of sp³-hybridized carbons (Fsp3) is 0.357. The van der Waals surface area contributed by atoms with Gasteiger partial charge >= 0.3 is 0 Å². The van der Waals surface area contributed by atoms with Crippen LogP contribution >= 0.6 is 0 Å². The molecule has 0 saturated heterocycles. The normalized spacial score (nSPS) is 26.9. The van der Waals surface area contributed by atoms with Crippen molar-refractivity contribution in [3.63, 3.8) is 0 Å². The lowest BCUT2D eigenvalue weighted by Gasteiger charge is -2.19. The fourth-order valence-corrected chi connectivity index (χ4v) is 1.95. The highest BCUT2D eigenvalue weighted by atomic mass is 16.5. The molecule has 2 rings (SSSR count). The van der Waals surface area contributed by atoms with Crippen LogP contribution in [0.25, 0.3) is 0 Å². The van der Waals surface area contributed by atoms with E-state index in [1.165, 1.54) is 0 Å². The first-order valence-corrected chi connectivity index (χ1v) is 5.64. The maximum Gasteiger partial charge on any atom is 0.101 e. The summed E-state index contributed by atoms with van der Waals surface area (Å²) >= 11 is 0. The average molecular weight is 229 g/mol. The molecule has 88 valence electrons. The van der Waals surface area contributed by atoms with Crippen molar-refractivity contribution in [2.24, 2.45) is 5.41 Å². The van der Waals surface area contributed by atoms with Gasteiger partial charge in [0.1, 0.15) is 5.41 Å². The Labute approximate surface area is 101 Å². The van der Waals surface area contributed by atoms with E-state index in [-0.39, 0.29) is 0 Å². The van der Waals surface area contributed by atoms with E-state index in [0.29, 0.717) is 19.6 Å². The van der Waals surface area contributed by atoms with Gasteiger partial charge in [-0.05, 0) is 5.56 Å². The van der Waals surface area contributed by atoms with Crippen LogP contribution in [0.5, 0.6) is 0 Å². The molecule has 0 heterocycles. The van der Waals surface area contributed by atoms with Crippen LogP contribution in [0.2, 0.25) is 0 Å². The third-order valence-corrected chi connectivity index (χ3v) is 2.90. The quantitative estimate of drug-likeness (QED) is 0.804. The number of hydrogen-bond acceptors (Lipinski definition) is 3. The maximum absolute atomic E-state index is 9.42. The van der Waals surface area contributed by atoms with E-state index in [2.05, 4.69) is 6.07 Å². The first-order valence-electron chi connectivity index (χ1n) is 5.64. The van der Waals surface area contributed by atoms with Crippen molar-refractivity contribution in [2.75, 3.05) is 6.61 Å². The summed E-state index contributed by atoms with van der Waals surface area (Å²) in [5, 5.41) is 18.6. The summed E-state index contributed by atoms with van der Waals surface area (Å²) < 4.78 is 5.56. The van der Waals surface area contributed by atoms with Crippen LogP contribution in [0, 0.1) is 16.7 Å². The molecule has 0 aliphatic heterocycles. The Hall–Kier alpha value is -1.63. The Bertz CT molecular complexity index is 435. The minimum absolute atomic E-state index is 0.325. The van der Waals surface area contributed by atoms with Crippen molar-refractivity contribution in [3.8, 4) is 6.07 Å². The zero-order valence-electron chi connectivity index (χ0n) is 9.54. The average Bonchev–Trinajstić information content (AvgIpc) is 2.73. The molecular weight excluding hydrogens is 214 g/mol. The molecule has 3 nitrogen and oxygen atoms in total. The third kappa shape index (κ3) is 2.94. The Morgan fingerprint density at radius 3 is 2.76 bits per heavy atom. The molecule has 1 aromatic rings. The highest BCUT2D eigenvalue weighted by Crippen LogP contribution is 2.31. The number of rotatable bonds is 4. The van der Waals surface area contributed by atoms with Crippen LogP contribution in [-0.2, 0) is 11.3 Å². The molecule has 1 aliphatic rings. The Morgan fingerprint density at radius 1 is 1.41 bits per heavy atom. The van der Waals surface area contributed by atoms with E-state index in [1.54, 1.807) is 12.2 Å². The van der Waals surface area contributed by atoms with Gasteiger partial charge < -0.3 is 9.84 Å². The van der Waals surface area contributed by atoms with Gasteiger partial charge in [0.25, 0.3) is 0 Å². The molecule has 3 heteroatoms. The molecule has 1 aromatic carbocycles. The first-order chi connectivity index (χ1) is 8.24. The van der Waals surface area contributed by atoms with Gasteiger partial charge in [-0.1, -0.05) is 42.5 Å². The Balaban J connectivity index is 1.86. The van der Waals surface area contributed by atoms with Crippen LogP contribution in [0.15, 0.2) is 42.5 Å². The summed E-state index contributed by atoms with van der Waals surface area (Å²) in [6.45, 7) is 0.820. The second kappa shape index (κ2) is 5.13. The van der Waals surface area contributed by atoms with Gasteiger partial charge in [-0.25, -0.2) is 0 Å². The second-order valence-corrected chi connectivity index (χ2v) is 4.38. The van der Waals surface area contributed by atoms with E-state index in [4.69, 9.17) is 10.00 Å². The summed E-state index contributed by atoms with van der Waals surface area (Å²) in [5.41, 5.74) is 0.428. The molecule has 0 fully saturated rings. The van der Waals surface area contributed by atoms with E-state index < -0.39 is 11.5 Å². The summed E-state index contributed by atoms with van der Waals surface area (Å²) in [6.07, 6.45) is 3.32. The molecule has 0 spiro atoms. The van der Waals surface area contributed by atoms with Crippen LogP contribution in [0.4, 0.5) is 0 Å². The van der Waals surface area contributed by atoms with E-state index in [9.17, 15) is 5.11 Å². The van der Waals surface area contributed by atoms with Crippen molar-refractivity contribution in [1.29, 1.82) is 5.26 Å². The third-order valence-electron chi connectivity index (χ3n) is 2.90. The van der Waals surface area contributed by atoms with Crippen LogP contribution in [0.1, 0.15) is 12.0 Å². The number of aliphatic hydroxyl groups is 1. The van der Waals surface area contributed by atoms with Crippen LogP contribution < -0.4 is 0 Å². The molecule has 0 radical (unpaired) electrons. The molecule has 2 atom stereocenters. The van der Waals surface area contributed by atoms with Gasteiger partial charge in [0.15, 0.2) is 0 Å². The SMILES string of the molecule is N#C[C@@]1(COCc2ccccc2)C=C[C@@H](O)C1. The molecule has 0 aromatic heterocycles. The number of hydrogen-bond donors (Lipinski definition) is 1.